The van der Waals surface area contributed by atoms with Gasteiger partial charge in [0.05, 0.1) is 0 Å². The fraction of sp³-hybridized carbons (Fsp3) is 0.318. The number of amides is 4. The highest BCUT2D eigenvalue weighted by molar-refractivity contribution is 6.09. The van der Waals surface area contributed by atoms with E-state index in [1.807, 2.05) is 24.3 Å². The Morgan fingerprint density at radius 3 is 2.69 bits per heavy atom. The van der Waals surface area contributed by atoms with E-state index in [0.29, 0.717) is 12.0 Å². The van der Waals surface area contributed by atoms with Crippen molar-refractivity contribution in [1.82, 2.24) is 15.5 Å². The maximum Gasteiger partial charge on any atom is 0.325 e. The molecule has 29 heavy (non-hydrogen) atoms. The van der Waals surface area contributed by atoms with E-state index < -0.39 is 35.7 Å². The summed E-state index contributed by atoms with van der Waals surface area (Å²) in [6.07, 6.45) is 3.09. The first kappa shape index (κ1) is 19.1. The molecule has 1 heterocycles. The average Bonchev–Trinajstić information content (AvgIpc) is 2.86. The van der Waals surface area contributed by atoms with Gasteiger partial charge in [-0.3, -0.25) is 14.5 Å². The SMILES string of the molecule is O=C(CN1C(=O)NC2(CCCCc3ccccc32)C1=O)NCc1ccccc1F. The maximum atomic E-state index is 13.7. The first-order valence-corrected chi connectivity index (χ1v) is 9.74. The molecule has 2 aromatic carbocycles. The van der Waals surface area contributed by atoms with Crippen molar-refractivity contribution in [3.8, 4) is 0 Å². The van der Waals surface area contributed by atoms with Gasteiger partial charge < -0.3 is 10.6 Å². The highest BCUT2D eigenvalue weighted by Gasteiger charge is 2.53. The highest BCUT2D eigenvalue weighted by Crippen LogP contribution is 2.38. The molecule has 2 N–H and O–H groups in total. The first-order valence-electron chi connectivity index (χ1n) is 9.74. The molecule has 0 saturated carbocycles. The molecule has 0 radical (unpaired) electrons. The molecular formula is C22H22FN3O3. The molecule has 4 amide bonds. The molecule has 0 aromatic heterocycles. The van der Waals surface area contributed by atoms with Gasteiger partial charge in [0, 0.05) is 12.1 Å². The van der Waals surface area contributed by atoms with E-state index in [0.717, 1.165) is 35.3 Å². The summed E-state index contributed by atoms with van der Waals surface area (Å²) in [5.74, 6) is -1.34. The molecule has 1 saturated heterocycles. The van der Waals surface area contributed by atoms with Crippen LogP contribution < -0.4 is 10.6 Å². The maximum absolute atomic E-state index is 13.7. The smallest absolute Gasteiger partial charge is 0.325 e. The van der Waals surface area contributed by atoms with Crippen molar-refractivity contribution in [2.24, 2.45) is 0 Å². The number of halogens is 1. The molecule has 2 aliphatic rings. The lowest BCUT2D eigenvalue weighted by atomic mass is 9.84. The second kappa shape index (κ2) is 7.66. The van der Waals surface area contributed by atoms with E-state index in [9.17, 15) is 18.8 Å². The van der Waals surface area contributed by atoms with Gasteiger partial charge in [0.2, 0.25) is 5.91 Å². The number of urea groups is 1. The summed E-state index contributed by atoms with van der Waals surface area (Å²) in [5, 5.41) is 5.43. The molecule has 1 spiro atoms. The number of hydrogen-bond donors (Lipinski definition) is 2. The van der Waals surface area contributed by atoms with Gasteiger partial charge in [-0.1, -0.05) is 42.5 Å². The third-order valence-corrected chi connectivity index (χ3v) is 5.64. The minimum Gasteiger partial charge on any atom is -0.350 e. The molecule has 6 nitrogen and oxygen atoms in total. The minimum absolute atomic E-state index is 0.0108. The Bertz CT molecular complexity index is 977. The fourth-order valence-electron chi connectivity index (χ4n) is 4.15. The van der Waals surface area contributed by atoms with E-state index >= 15 is 0 Å². The number of imide groups is 1. The number of carbonyl (C=O) groups excluding carboxylic acids is 3. The summed E-state index contributed by atoms with van der Waals surface area (Å²) in [6.45, 7) is -0.411. The Morgan fingerprint density at radius 1 is 1.10 bits per heavy atom. The fourth-order valence-corrected chi connectivity index (χ4v) is 4.15. The number of aryl methyl sites for hydroxylation is 1. The molecule has 0 bridgehead atoms. The van der Waals surface area contributed by atoms with Crippen molar-refractivity contribution in [2.45, 2.75) is 37.8 Å². The van der Waals surface area contributed by atoms with E-state index in [4.69, 9.17) is 0 Å². The van der Waals surface area contributed by atoms with Gasteiger partial charge in [0.15, 0.2) is 0 Å². The van der Waals surface area contributed by atoms with Crippen molar-refractivity contribution in [1.29, 1.82) is 0 Å². The largest absolute Gasteiger partial charge is 0.350 e. The van der Waals surface area contributed by atoms with Crippen LogP contribution in [0.1, 0.15) is 36.0 Å². The Labute approximate surface area is 168 Å². The topological polar surface area (TPSA) is 78.5 Å². The van der Waals surface area contributed by atoms with Crippen molar-refractivity contribution in [3.05, 3.63) is 71.0 Å². The molecule has 1 aliphatic carbocycles. The predicted molar refractivity (Wildman–Crippen MR) is 104 cm³/mol. The van der Waals surface area contributed by atoms with Gasteiger partial charge >= 0.3 is 6.03 Å². The number of fused-ring (bicyclic) bond motifs is 2. The second-order valence-electron chi connectivity index (χ2n) is 7.46. The average molecular weight is 395 g/mol. The predicted octanol–water partition coefficient (Wildman–Crippen LogP) is 2.62. The van der Waals surface area contributed by atoms with Gasteiger partial charge in [-0.2, -0.15) is 0 Å². The zero-order valence-electron chi connectivity index (χ0n) is 15.9. The summed E-state index contributed by atoms with van der Waals surface area (Å²) < 4.78 is 13.7. The molecular weight excluding hydrogens is 373 g/mol. The summed E-state index contributed by atoms with van der Waals surface area (Å²) in [7, 11) is 0. The number of benzene rings is 2. The van der Waals surface area contributed by atoms with Crippen molar-refractivity contribution < 1.29 is 18.8 Å². The lowest BCUT2D eigenvalue weighted by Gasteiger charge is -2.27. The molecule has 1 unspecified atom stereocenters. The van der Waals surface area contributed by atoms with Gasteiger partial charge in [0.1, 0.15) is 17.9 Å². The standard InChI is InChI=1S/C22H22FN3O3/c23-18-11-4-2-9-16(18)13-24-19(27)14-26-20(28)22(25-21(26)29)12-6-5-8-15-7-1-3-10-17(15)22/h1-4,7,9-11H,5-6,8,12-14H2,(H,24,27)(H,25,29). The molecule has 7 heteroatoms. The summed E-state index contributed by atoms with van der Waals surface area (Å²) in [6, 6.07) is 13.2. The quantitative estimate of drug-likeness (QED) is 0.782. The van der Waals surface area contributed by atoms with Crippen LogP contribution in [-0.2, 0) is 28.1 Å². The monoisotopic (exact) mass is 395 g/mol. The van der Waals surface area contributed by atoms with E-state index in [-0.39, 0.29) is 6.54 Å². The number of rotatable bonds is 4. The van der Waals surface area contributed by atoms with Crippen LogP contribution in [0.25, 0.3) is 0 Å². The summed E-state index contributed by atoms with van der Waals surface area (Å²) in [5.41, 5.74) is 1.08. The van der Waals surface area contributed by atoms with Crippen LogP contribution in [0.3, 0.4) is 0 Å². The molecule has 2 aromatic rings. The third kappa shape index (κ3) is 3.48. The minimum atomic E-state index is -1.12. The lowest BCUT2D eigenvalue weighted by Crippen LogP contribution is -2.45. The van der Waals surface area contributed by atoms with Crippen LogP contribution in [0, 0.1) is 5.82 Å². The summed E-state index contributed by atoms with van der Waals surface area (Å²) >= 11 is 0. The van der Waals surface area contributed by atoms with Crippen LogP contribution in [0.5, 0.6) is 0 Å². The van der Waals surface area contributed by atoms with Crippen LogP contribution in [0.4, 0.5) is 9.18 Å². The Hall–Kier alpha value is -3.22. The Morgan fingerprint density at radius 2 is 1.86 bits per heavy atom. The lowest BCUT2D eigenvalue weighted by molar-refractivity contribution is -0.135. The number of nitrogens with one attached hydrogen (secondary N) is 2. The van der Waals surface area contributed by atoms with Crippen LogP contribution in [-0.4, -0.2) is 29.3 Å². The molecule has 1 aliphatic heterocycles. The second-order valence-corrected chi connectivity index (χ2v) is 7.46. The van der Waals surface area contributed by atoms with Gasteiger partial charge in [-0.25, -0.2) is 9.18 Å². The third-order valence-electron chi connectivity index (χ3n) is 5.64. The molecule has 150 valence electrons. The van der Waals surface area contributed by atoms with E-state index in [2.05, 4.69) is 10.6 Å². The molecule has 1 atom stereocenters. The van der Waals surface area contributed by atoms with Crippen LogP contribution in [0.15, 0.2) is 48.5 Å². The number of hydrogen-bond acceptors (Lipinski definition) is 3. The molecule has 1 fully saturated rings. The zero-order valence-corrected chi connectivity index (χ0v) is 15.9. The van der Waals surface area contributed by atoms with Crippen LogP contribution >= 0.6 is 0 Å². The zero-order chi connectivity index (χ0) is 20.4. The normalized spacial score (nSPS) is 20.9. The van der Waals surface area contributed by atoms with E-state index in [1.54, 1.807) is 18.2 Å². The number of carbonyl (C=O) groups is 3. The van der Waals surface area contributed by atoms with Crippen molar-refractivity contribution in [2.75, 3.05) is 6.54 Å². The molecule has 4 rings (SSSR count). The van der Waals surface area contributed by atoms with Gasteiger partial charge in [0.25, 0.3) is 5.91 Å². The first-order chi connectivity index (χ1) is 14.0. The van der Waals surface area contributed by atoms with Crippen LogP contribution in [0.2, 0.25) is 0 Å². The Kier molecular flexibility index (Phi) is 5.05. The van der Waals surface area contributed by atoms with E-state index in [1.165, 1.54) is 6.07 Å². The highest BCUT2D eigenvalue weighted by atomic mass is 19.1. The van der Waals surface area contributed by atoms with Crippen molar-refractivity contribution in [3.63, 3.8) is 0 Å². The summed E-state index contributed by atoms with van der Waals surface area (Å²) in [4.78, 5) is 39.2. The van der Waals surface area contributed by atoms with Crippen molar-refractivity contribution >= 4 is 17.8 Å². The Balaban J connectivity index is 1.50. The van der Waals surface area contributed by atoms with Gasteiger partial charge in [-0.15, -0.1) is 0 Å². The van der Waals surface area contributed by atoms with Gasteiger partial charge in [-0.05, 0) is 42.9 Å². The number of nitrogens with zero attached hydrogens (tertiary/aromatic N) is 1.